The minimum Gasteiger partial charge on any atom is -0.369 e. The molecule has 17 heavy (non-hydrogen) atoms. The molecule has 0 spiro atoms. The van der Waals surface area contributed by atoms with Gasteiger partial charge in [0, 0.05) is 13.0 Å². The number of nitrogens with zero attached hydrogens (tertiary/aromatic N) is 2. The first-order valence-corrected chi connectivity index (χ1v) is 6.01. The van der Waals surface area contributed by atoms with Gasteiger partial charge in [0.05, 0.1) is 5.92 Å². The Balaban J connectivity index is 2.26. The van der Waals surface area contributed by atoms with E-state index in [-0.39, 0.29) is 12.3 Å². The van der Waals surface area contributed by atoms with Crippen LogP contribution in [0.4, 0.5) is 5.82 Å². The molecule has 1 atom stereocenters. The van der Waals surface area contributed by atoms with Gasteiger partial charge in [0.1, 0.15) is 10.4 Å². The largest absolute Gasteiger partial charge is 0.369 e. The maximum atomic E-state index is 11.7. The fourth-order valence-electron chi connectivity index (χ4n) is 1.76. The molecular formula is C11H12BrN3O2. The highest BCUT2D eigenvalue weighted by Gasteiger charge is 2.34. The number of hydrogen-bond acceptors (Lipinski definition) is 3. The van der Waals surface area contributed by atoms with Crippen molar-refractivity contribution in [1.82, 2.24) is 4.98 Å². The van der Waals surface area contributed by atoms with Gasteiger partial charge in [0.2, 0.25) is 11.8 Å². The molecule has 6 heteroatoms. The lowest BCUT2D eigenvalue weighted by Gasteiger charge is -2.15. The summed E-state index contributed by atoms with van der Waals surface area (Å²) in [5.74, 6) is -0.412. The maximum absolute atomic E-state index is 11.7. The zero-order valence-corrected chi connectivity index (χ0v) is 10.9. The van der Waals surface area contributed by atoms with Crippen LogP contribution in [0.25, 0.3) is 0 Å². The van der Waals surface area contributed by atoms with Gasteiger partial charge in [0.25, 0.3) is 0 Å². The third-order valence-electron chi connectivity index (χ3n) is 2.82. The highest BCUT2D eigenvalue weighted by atomic mass is 79.9. The molecule has 1 unspecified atom stereocenters. The van der Waals surface area contributed by atoms with E-state index < -0.39 is 11.8 Å². The van der Waals surface area contributed by atoms with Crippen molar-refractivity contribution < 1.29 is 9.59 Å². The van der Waals surface area contributed by atoms with E-state index in [1.165, 1.54) is 4.90 Å². The van der Waals surface area contributed by atoms with Crippen molar-refractivity contribution in [1.29, 1.82) is 0 Å². The van der Waals surface area contributed by atoms with Crippen LogP contribution < -0.4 is 10.6 Å². The molecular weight excluding hydrogens is 286 g/mol. The summed E-state index contributed by atoms with van der Waals surface area (Å²) in [6, 6.07) is 3.64. The summed E-state index contributed by atoms with van der Waals surface area (Å²) < 4.78 is 0.699. The average molecular weight is 298 g/mol. The van der Waals surface area contributed by atoms with Crippen molar-refractivity contribution >= 4 is 33.6 Å². The fraction of sp³-hybridized carbons (Fsp3) is 0.364. The molecule has 1 aliphatic rings. The summed E-state index contributed by atoms with van der Waals surface area (Å²) >= 11 is 3.32. The first kappa shape index (κ1) is 12.0. The highest BCUT2D eigenvalue weighted by Crippen LogP contribution is 2.25. The first-order valence-electron chi connectivity index (χ1n) is 5.22. The zero-order valence-electron chi connectivity index (χ0n) is 9.31. The highest BCUT2D eigenvalue weighted by molar-refractivity contribution is 9.10. The number of hydrogen-bond donors (Lipinski definition) is 1. The lowest BCUT2D eigenvalue weighted by atomic mass is 10.1. The predicted molar refractivity (Wildman–Crippen MR) is 66.3 cm³/mol. The van der Waals surface area contributed by atoms with E-state index in [0.717, 1.165) is 5.56 Å². The number of amides is 2. The van der Waals surface area contributed by atoms with Crippen molar-refractivity contribution in [3.8, 4) is 0 Å². The number of pyridine rings is 1. The topological polar surface area (TPSA) is 76.3 Å². The number of halogens is 1. The zero-order chi connectivity index (χ0) is 12.6. The quantitative estimate of drug-likeness (QED) is 0.827. The van der Waals surface area contributed by atoms with Crippen molar-refractivity contribution in [2.45, 2.75) is 13.3 Å². The molecule has 90 valence electrons. The van der Waals surface area contributed by atoms with Crippen molar-refractivity contribution in [2.75, 3.05) is 11.4 Å². The molecule has 5 nitrogen and oxygen atoms in total. The molecule has 0 bridgehead atoms. The Morgan fingerprint density at radius 1 is 1.59 bits per heavy atom. The number of nitrogens with two attached hydrogens (primary N) is 1. The summed E-state index contributed by atoms with van der Waals surface area (Å²) in [6.45, 7) is 2.23. The van der Waals surface area contributed by atoms with Gasteiger partial charge in [-0.3, -0.25) is 14.5 Å². The van der Waals surface area contributed by atoms with Crippen LogP contribution in [0.2, 0.25) is 0 Å². The van der Waals surface area contributed by atoms with Crippen LogP contribution in [0, 0.1) is 12.8 Å². The molecule has 2 amide bonds. The lowest BCUT2D eigenvalue weighted by molar-refractivity contribution is -0.123. The molecule has 1 saturated heterocycles. The molecule has 1 aromatic heterocycles. The second-order valence-corrected chi connectivity index (χ2v) is 4.84. The van der Waals surface area contributed by atoms with E-state index in [4.69, 9.17) is 5.73 Å². The second-order valence-electron chi connectivity index (χ2n) is 4.08. The van der Waals surface area contributed by atoms with Crippen molar-refractivity contribution in [3.63, 3.8) is 0 Å². The molecule has 0 aliphatic carbocycles. The molecule has 0 aromatic carbocycles. The average Bonchev–Trinajstić information content (AvgIpc) is 2.65. The van der Waals surface area contributed by atoms with Gasteiger partial charge >= 0.3 is 0 Å². The van der Waals surface area contributed by atoms with Crippen LogP contribution in [0.15, 0.2) is 16.7 Å². The lowest BCUT2D eigenvalue weighted by Crippen LogP contribution is -2.29. The molecule has 1 fully saturated rings. The second kappa shape index (κ2) is 4.44. The van der Waals surface area contributed by atoms with Gasteiger partial charge < -0.3 is 5.73 Å². The van der Waals surface area contributed by atoms with Gasteiger partial charge in [-0.25, -0.2) is 4.98 Å². The van der Waals surface area contributed by atoms with E-state index in [2.05, 4.69) is 20.9 Å². The molecule has 2 rings (SSSR count). The number of rotatable bonds is 2. The molecule has 1 aliphatic heterocycles. The SMILES string of the molecule is Cc1ccc(N2CC(C(N)=O)CC2=O)nc1Br. The molecule has 2 N–H and O–H groups in total. The number of aromatic nitrogens is 1. The standard InChI is InChI=1S/C11H12BrN3O2/c1-6-2-3-8(14-10(6)12)15-5-7(11(13)17)4-9(15)16/h2-3,7H,4-5H2,1H3,(H2,13,17). The van der Waals surface area contributed by atoms with Gasteiger partial charge in [0.15, 0.2) is 0 Å². The number of carbonyl (C=O) groups is 2. The van der Waals surface area contributed by atoms with Crippen LogP contribution in [-0.4, -0.2) is 23.3 Å². The van der Waals surface area contributed by atoms with Gasteiger partial charge in [-0.05, 0) is 34.5 Å². The van der Waals surface area contributed by atoms with Crippen molar-refractivity contribution in [3.05, 3.63) is 22.3 Å². The van der Waals surface area contributed by atoms with E-state index >= 15 is 0 Å². The van der Waals surface area contributed by atoms with Gasteiger partial charge in [-0.1, -0.05) is 6.07 Å². The molecule has 0 radical (unpaired) electrons. The minimum atomic E-state index is -0.438. The third kappa shape index (κ3) is 2.31. The first-order chi connectivity index (χ1) is 7.99. The van der Waals surface area contributed by atoms with Crippen LogP contribution in [-0.2, 0) is 9.59 Å². The van der Waals surface area contributed by atoms with Crippen LogP contribution in [0.5, 0.6) is 0 Å². The van der Waals surface area contributed by atoms with Gasteiger partial charge in [-0.15, -0.1) is 0 Å². The molecule has 0 saturated carbocycles. The summed E-state index contributed by atoms with van der Waals surface area (Å²) in [7, 11) is 0. The maximum Gasteiger partial charge on any atom is 0.229 e. The Bertz CT molecular complexity index is 490. The normalized spacial score (nSPS) is 19.8. The Morgan fingerprint density at radius 3 is 2.82 bits per heavy atom. The van der Waals surface area contributed by atoms with Crippen LogP contribution >= 0.6 is 15.9 Å². The van der Waals surface area contributed by atoms with Crippen molar-refractivity contribution in [2.24, 2.45) is 11.7 Å². The third-order valence-corrected chi connectivity index (χ3v) is 3.63. The van der Waals surface area contributed by atoms with Crippen LogP contribution in [0.1, 0.15) is 12.0 Å². The number of anilines is 1. The fourth-order valence-corrected chi connectivity index (χ4v) is 2.08. The molecule has 1 aromatic rings. The summed E-state index contributed by atoms with van der Waals surface area (Å²) in [6.07, 6.45) is 0.169. The van der Waals surface area contributed by atoms with E-state index in [1.54, 1.807) is 6.07 Å². The van der Waals surface area contributed by atoms with E-state index in [9.17, 15) is 9.59 Å². The summed E-state index contributed by atoms with van der Waals surface area (Å²) in [5.41, 5.74) is 6.20. The Kier molecular flexibility index (Phi) is 3.15. The summed E-state index contributed by atoms with van der Waals surface area (Å²) in [4.78, 5) is 28.6. The van der Waals surface area contributed by atoms with E-state index in [1.807, 2.05) is 13.0 Å². The Hall–Kier alpha value is -1.43. The minimum absolute atomic E-state index is 0.114. The monoisotopic (exact) mass is 297 g/mol. The van der Waals surface area contributed by atoms with Crippen LogP contribution in [0.3, 0.4) is 0 Å². The number of carbonyl (C=O) groups excluding carboxylic acids is 2. The molecule has 2 heterocycles. The number of primary amides is 1. The summed E-state index contributed by atoms with van der Waals surface area (Å²) in [5, 5.41) is 0. The van der Waals surface area contributed by atoms with E-state index in [0.29, 0.717) is 17.0 Å². The number of aryl methyl sites for hydroxylation is 1. The van der Waals surface area contributed by atoms with Gasteiger partial charge in [-0.2, -0.15) is 0 Å². The predicted octanol–water partition coefficient (Wildman–Crippen LogP) is 0.991. The Labute approximate surface area is 107 Å². The Morgan fingerprint density at radius 2 is 2.29 bits per heavy atom. The smallest absolute Gasteiger partial charge is 0.229 e.